The van der Waals surface area contributed by atoms with Crippen molar-refractivity contribution in [3.8, 4) is 0 Å². The molecule has 2 rings (SSSR count). The average molecular weight is 237 g/mol. The quantitative estimate of drug-likeness (QED) is 0.536. The second-order valence-corrected chi connectivity index (χ2v) is 4.93. The van der Waals surface area contributed by atoms with Gasteiger partial charge in [0.2, 0.25) is 11.8 Å². The summed E-state index contributed by atoms with van der Waals surface area (Å²) in [4.78, 5) is 25.4. The van der Waals surface area contributed by atoms with Crippen molar-refractivity contribution in [3.63, 3.8) is 0 Å². The number of hydrogen-bond donors (Lipinski definition) is 0. The Balaban J connectivity index is 2.40. The normalized spacial score (nSPS) is 37.2. The molecule has 2 aliphatic rings. The lowest BCUT2D eigenvalue weighted by molar-refractivity contribution is -0.139. The molecule has 4 nitrogen and oxygen atoms in total. The van der Waals surface area contributed by atoms with Crippen molar-refractivity contribution in [1.82, 2.24) is 4.90 Å². The number of hydrogen-bond acceptors (Lipinski definition) is 3. The fourth-order valence-corrected chi connectivity index (χ4v) is 3.04. The maximum atomic E-state index is 12.1. The Bertz CT molecular complexity index is 388. The molecule has 0 saturated carbocycles. The van der Waals surface area contributed by atoms with Crippen LogP contribution in [0.15, 0.2) is 11.6 Å². The van der Waals surface area contributed by atoms with Crippen molar-refractivity contribution >= 4 is 11.8 Å². The van der Waals surface area contributed by atoms with Crippen LogP contribution in [-0.4, -0.2) is 36.5 Å². The summed E-state index contributed by atoms with van der Waals surface area (Å²) < 4.78 is 5.66. The molecule has 0 bridgehead atoms. The minimum absolute atomic E-state index is 0.0686. The van der Waals surface area contributed by atoms with Gasteiger partial charge in [0.15, 0.2) is 0 Å². The lowest BCUT2D eigenvalue weighted by Gasteiger charge is -2.33. The standard InChI is InChI=1S/C13H19NO3/c1-5-17-11-8(3)6-7(2)9-10(11)13(16)14(4)12(9)15/h6-7,9-11H,5H2,1-4H3/t7-,9-,10-,11+/m0/s1. The van der Waals surface area contributed by atoms with Crippen LogP contribution in [0.1, 0.15) is 20.8 Å². The van der Waals surface area contributed by atoms with Crippen molar-refractivity contribution in [1.29, 1.82) is 0 Å². The van der Waals surface area contributed by atoms with Crippen LogP contribution in [-0.2, 0) is 14.3 Å². The third-order valence-corrected chi connectivity index (χ3v) is 3.83. The Morgan fingerprint density at radius 1 is 1.29 bits per heavy atom. The summed E-state index contributed by atoms with van der Waals surface area (Å²) in [6.45, 7) is 6.43. The highest BCUT2D eigenvalue weighted by atomic mass is 16.5. The first-order chi connectivity index (χ1) is 7.99. The summed E-state index contributed by atoms with van der Waals surface area (Å²) in [6, 6.07) is 0. The second-order valence-electron chi connectivity index (χ2n) is 4.93. The number of allylic oxidation sites excluding steroid dienone is 1. The lowest BCUT2D eigenvalue weighted by atomic mass is 9.74. The van der Waals surface area contributed by atoms with Crippen LogP contribution in [0.3, 0.4) is 0 Å². The molecule has 94 valence electrons. The van der Waals surface area contributed by atoms with Crippen LogP contribution in [0, 0.1) is 17.8 Å². The fourth-order valence-electron chi connectivity index (χ4n) is 3.04. The first-order valence-corrected chi connectivity index (χ1v) is 6.10. The molecule has 1 heterocycles. The van der Waals surface area contributed by atoms with Gasteiger partial charge in [-0.05, 0) is 25.3 Å². The van der Waals surface area contributed by atoms with Crippen LogP contribution >= 0.6 is 0 Å². The van der Waals surface area contributed by atoms with Gasteiger partial charge in [-0.15, -0.1) is 0 Å². The molecular formula is C13H19NO3. The fraction of sp³-hybridized carbons (Fsp3) is 0.692. The minimum Gasteiger partial charge on any atom is -0.373 e. The minimum atomic E-state index is -0.326. The van der Waals surface area contributed by atoms with Crippen molar-refractivity contribution in [3.05, 3.63) is 11.6 Å². The Hall–Kier alpha value is -1.16. The highest BCUT2D eigenvalue weighted by Crippen LogP contribution is 2.41. The summed E-state index contributed by atoms with van der Waals surface area (Å²) in [5, 5.41) is 0. The third kappa shape index (κ3) is 1.71. The number of fused-ring (bicyclic) bond motifs is 1. The first kappa shape index (κ1) is 12.3. The van der Waals surface area contributed by atoms with E-state index in [2.05, 4.69) is 6.08 Å². The van der Waals surface area contributed by atoms with E-state index in [-0.39, 0.29) is 35.7 Å². The Morgan fingerprint density at radius 3 is 2.47 bits per heavy atom. The molecule has 1 aliphatic carbocycles. The topological polar surface area (TPSA) is 46.6 Å². The summed E-state index contributed by atoms with van der Waals surface area (Å²) in [7, 11) is 1.56. The van der Waals surface area contributed by atoms with E-state index in [0.29, 0.717) is 6.61 Å². The smallest absolute Gasteiger partial charge is 0.235 e. The van der Waals surface area contributed by atoms with Crippen molar-refractivity contribution < 1.29 is 14.3 Å². The molecule has 0 aromatic rings. The first-order valence-electron chi connectivity index (χ1n) is 6.10. The number of carbonyl (C=O) groups is 2. The molecule has 2 amide bonds. The molecule has 0 radical (unpaired) electrons. The van der Waals surface area contributed by atoms with Crippen LogP contribution in [0.4, 0.5) is 0 Å². The van der Waals surface area contributed by atoms with Gasteiger partial charge in [0, 0.05) is 13.7 Å². The van der Waals surface area contributed by atoms with E-state index in [0.717, 1.165) is 5.57 Å². The SMILES string of the molecule is CCO[C@@H]1C(C)=C[C@H](C)[C@@H]2C(=O)N(C)C(=O)[C@@H]21. The van der Waals surface area contributed by atoms with Crippen molar-refractivity contribution in [2.24, 2.45) is 17.8 Å². The van der Waals surface area contributed by atoms with Gasteiger partial charge in [0.05, 0.1) is 17.9 Å². The second kappa shape index (κ2) is 4.26. The highest BCUT2D eigenvalue weighted by molar-refractivity contribution is 6.05. The van der Waals surface area contributed by atoms with Gasteiger partial charge in [-0.1, -0.05) is 13.0 Å². The number of nitrogens with zero attached hydrogens (tertiary/aromatic N) is 1. The van der Waals surface area contributed by atoms with E-state index in [1.165, 1.54) is 4.90 Å². The van der Waals surface area contributed by atoms with E-state index in [4.69, 9.17) is 4.74 Å². The third-order valence-electron chi connectivity index (χ3n) is 3.83. The molecule has 0 aromatic heterocycles. The molecule has 1 aliphatic heterocycles. The maximum Gasteiger partial charge on any atom is 0.235 e. The van der Waals surface area contributed by atoms with E-state index in [1.807, 2.05) is 20.8 Å². The molecule has 1 saturated heterocycles. The Morgan fingerprint density at radius 2 is 1.88 bits per heavy atom. The van der Waals surface area contributed by atoms with E-state index < -0.39 is 0 Å². The average Bonchev–Trinajstić information content (AvgIpc) is 2.50. The zero-order valence-electron chi connectivity index (χ0n) is 10.8. The molecule has 0 unspecified atom stereocenters. The molecule has 4 heteroatoms. The zero-order valence-corrected chi connectivity index (χ0v) is 10.8. The maximum absolute atomic E-state index is 12.1. The predicted octanol–water partition coefficient (Wildman–Crippen LogP) is 1.22. The van der Waals surface area contributed by atoms with Gasteiger partial charge < -0.3 is 4.74 Å². The number of ether oxygens (including phenoxy) is 1. The monoisotopic (exact) mass is 237 g/mol. The summed E-state index contributed by atoms with van der Waals surface area (Å²) in [5.74, 6) is -0.628. The molecule has 4 atom stereocenters. The molecule has 0 spiro atoms. The number of rotatable bonds is 2. The van der Waals surface area contributed by atoms with E-state index in [9.17, 15) is 9.59 Å². The van der Waals surface area contributed by atoms with Crippen molar-refractivity contribution in [2.45, 2.75) is 26.9 Å². The largest absolute Gasteiger partial charge is 0.373 e. The molecule has 0 aromatic carbocycles. The molecule has 0 N–H and O–H groups in total. The number of imide groups is 1. The Kier molecular flexibility index (Phi) is 3.08. The van der Waals surface area contributed by atoms with E-state index in [1.54, 1.807) is 7.05 Å². The predicted molar refractivity (Wildman–Crippen MR) is 63.1 cm³/mol. The highest BCUT2D eigenvalue weighted by Gasteiger charge is 2.53. The summed E-state index contributed by atoms with van der Waals surface area (Å²) in [5.41, 5.74) is 1.07. The zero-order chi connectivity index (χ0) is 12.7. The van der Waals surface area contributed by atoms with Crippen LogP contribution in [0.25, 0.3) is 0 Å². The van der Waals surface area contributed by atoms with E-state index >= 15 is 0 Å². The summed E-state index contributed by atoms with van der Waals surface area (Å²) in [6.07, 6.45) is 1.83. The van der Waals surface area contributed by atoms with Gasteiger partial charge in [0.25, 0.3) is 0 Å². The van der Waals surface area contributed by atoms with Gasteiger partial charge >= 0.3 is 0 Å². The van der Waals surface area contributed by atoms with Gasteiger partial charge in [-0.25, -0.2) is 0 Å². The summed E-state index contributed by atoms with van der Waals surface area (Å²) >= 11 is 0. The molecule has 1 fully saturated rings. The van der Waals surface area contributed by atoms with Gasteiger partial charge in [0.1, 0.15) is 0 Å². The lowest BCUT2D eigenvalue weighted by Crippen LogP contribution is -2.40. The van der Waals surface area contributed by atoms with Crippen LogP contribution in [0.2, 0.25) is 0 Å². The van der Waals surface area contributed by atoms with Crippen LogP contribution in [0.5, 0.6) is 0 Å². The molecular weight excluding hydrogens is 218 g/mol. The van der Waals surface area contributed by atoms with Crippen LogP contribution < -0.4 is 0 Å². The number of amides is 2. The molecule has 17 heavy (non-hydrogen) atoms. The van der Waals surface area contributed by atoms with Crippen molar-refractivity contribution in [2.75, 3.05) is 13.7 Å². The van der Waals surface area contributed by atoms with Gasteiger partial charge in [-0.2, -0.15) is 0 Å². The number of likely N-dealkylation sites (tertiary alicyclic amines) is 1. The van der Waals surface area contributed by atoms with Gasteiger partial charge in [-0.3, -0.25) is 14.5 Å². The Labute approximate surface area is 102 Å². The number of carbonyl (C=O) groups excluding carboxylic acids is 2.